The second-order valence-corrected chi connectivity index (χ2v) is 5.32. The van der Waals surface area contributed by atoms with Crippen molar-refractivity contribution in [1.29, 1.82) is 0 Å². The maximum absolute atomic E-state index is 11.4. The Balaban J connectivity index is 2.77. The number of aliphatic imine (C=N–C) groups is 1. The SMILES string of the molecule is COC(=O)[C@@H](Cc1ccc(OC(C)(C)C)cc1)N=C=O. The number of hydrogen-bond acceptors (Lipinski definition) is 5. The highest BCUT2D eigenvalue weighted by Crippen LogP contribution is 2.19. The molecule has 5 nitrogen and oxygen atoms in total. The fourth-order valence-corrected chi connectivity index (χ4v) is 1.65. The third-order valence-corrected chi connectivity index (χ3v) is 2.46. The van der Waals surface area contributed by atoms with Crippen LogP contribution < -0.4 is 4.74 Å². The van der Waals surface area contributed by atoms with E-state index >= 15 is 0 Å². The van der Waals surface area contributed by atoms with E-state index < -0.39 is 12.0 Å². The Morgan fingerprint density at radius 2 is 1.90 bits per heavy atom. The molecule has 108 valence electrons. The number of benzene rings is 1. The highest BCUT2D eigenvalue weighted by atomic mass is 16.5. The van der Waals surface area contributed by atoms with Crippen LogP contribution in [0.1, 0.15) is 26.3 Å². The lowest BCUT2D eigenvalue weighted by Gasteiger charge is -2.21. The Hall–Kier alpha value is -2.13. The molecule has 0 aliphatic carbocycles. The van der Waals surface area contributed by atoms with Crippen LogP contribution in [0.5, 0.6) is 5.75 Å². The van der Waals surface area contributed by atoms with Crippen LogP contribution in [0.2, 0.25) is 0 Å². The minimum Gasteiger partial charge on any atom is -0.488 e. The number of ether oxygens (including phenoxy) is 2. The van der Waals surface area contributed by atoms with Crippen molar-refractivity contribution in [3.05, 3.63) is 29.8 Å². The molecule has 0 amide bonds. The molecule has 1 rings (SSSR count). The predicted molar refractivity (Wildman–Crippen MR) is 74.5 cm³/mol. The van der Waals surface area contributed by atoms with E-state index in [4.69, 9.17) is 4.74 Å². The van der Waals surface area contributed by atoms with Gasteiger partial charge in [0.05, 0.1) is 7.11 Å². The standard InChI is InChI=1S/C15H19NO4/c1-15(2,3)20-12-7-5-11(6-8-12)9-13(16-10-17)14(18)19-4/h5-8,13H,9H2,1-4H3/t13-/m1/s1. The van der Waals surface area contributed by atoms with Gasteiger partial charge in [0.1, 0.15) is 11.4 Å². The number of nitrogens with zero attached hydrogens (tertiary/aromatic N) is 1. The van der Waals surface area contributed by atoms with Crippen molar-refractivity contribution in [2.45, 2.75) is 38.8 Å². The molecule has 0 fully saturated rings. The van der Waals surface area contributed by atoms with Gasteiger partial charge in [-0.05, 0) is 38.5 Å². The summed E-state index contributed by atoms with van der Waals surface area (Å²) in [5, 5.41) is 0. The molecule has 1 atom stereocenters. The summed E-state index contributed by atoms with van der Waals surface area (Å²) in [5.41, 5.74) is 0.596. The Morgan fingerprint density at radius 3 is 2.35 bits per heavy atom. The van der Waals surface area contributed by atoms with Crippen molar-refractivity contribution in [2.75, 3.05) is 7.11 Å². The van der Waals surface area contributed by atoms with Crippen LogP contribution in [-0.2, 0) is 20.7 Å². The monoisotopic (exact) mass is 277 g/mol. The van der Waals surface area contributed by atoms with Crippen molar-refractivity contribution in [3.8, 4) is 5.75 Å². The summed E-state index contributed by atoms with van der Waals surface area (Å²) in [4.78, 5) is 25.2. The first-order valence-corrected chi connectivity index (χ1v) is 6.28. The maximum Gasteiger partial charge on any atom is 0.331 e. The average Bonchev–Trinajstić information content (AvgIpc) is 2.38. The first-order chi connectivity index (χ1) is 9.35. The summed E-state index contributed by atoms with van der Waals surface area (Å²) in [6.45, 7) is 5.90. The van der Waals surface area contributed by atoms with Crippen LogP contribution in [0.15, 0.2) is 29.3 Å². The smallest absolute Gasteiger partial charge is 0.331 e. The van der Waals surface area contributed by atoms with Crippen LogP contribution in [0, 0.1) is 0 Å². The van der Waals surface area contributed by atoms with Crippen LogP contribution in [0.3, 0.4) is 0 Å². The molecule has 0 aliphatic rings. The van der Waals surface area contributed by atoms with Gasteiger partial charge in [-0.3, -0.25) is 0 Å². The molecule has 0 radical (unpaired) electrons. The fourth-order valence-electron chi connectivity index (χ4n) is 1.65. The lowest BCUT2D eigenvalue weighted by molar-refractivity contribution is -0.142. The van der Waals surface area contributed by atoms with Crippen LogP contribution in [-0.4, -0.2) is 30.8 Å². The Bertz CT molecular complexity index is 496. The lowest BCUT2D eigenvalue weighted by atomic mass is 10.1. The van der Waals surface area contributed by atoms with Gasteiger partial charge in [0.25, 0.3) is 0 Å². The minimum atomic E-state index is -0.855. The molecule has 1 aromatic carbocycles. The van der Waals surface area contributed by atoms with Gasteiger partial charge in [-0.15, -0.1) is 0 Å². The molecule has 0 saturated heterocycles. The van der Waals surface area contributed by atoms with Crippen molar-refractivity contribution in [3.63, 3.8) is 0 Å². The summed E-state index contributed by atoms with van der Waals surface area (Å²) in [7, 11) is 1.26. The van der Waals surface area contributed by atoms with E-state index in [9.17, 15) is 9.59 Å². The number of isocyanates is 1. The van der Waals surface area contributed by atoms with Crippen LogP contribution in [0.4, 0.5) is 0 Å². The maximum atomic E-state index is 11.4. The number of rotatable bonds is 5. The average molecular weight is 277 g/mol. The number of esters is 1. The second kappa shape index (κ2) is 6.87. The molecule has 20 heavy (non-hydrogen) atoms. The van der Waals surface area contributed by atoms with E-state index in [-0.39, 0.29) is 12.0 Å². The Morgan fingerprint density at radius 1 is 1.30 bits per heavy atom. The molecule has 0 aromatic heterocycles. The fraction of sp³-hybridized carbons (Fsp3) is 0.467. The number of carbonyl (C=O) groups excluding carboxylic acids is 2. The number of methoxy groups -OCH3 is 1. The molecule has 0 bridgehead atoms. The molecule has 0 unspecified atom stereocenters. The summed E-state index contributed by atoms with van der Waals surface area (Å²) < 4.78 is 10.3. The predicted octanol–water partition coefficient (Wildman–Crippen LogP) is 2.28. The van der Waals surface area contributed by atoms with E-state index in [0.717, 1.165) is 11.3 Å². The Kier molecular flexibility index (Phi) is 5.47. The summed E-state index contributed by atoms with van der Waals surface area (Å²) >= 11 is 0. The van der Waals surface area contributed by atoms with Crippen molar-refractivity contribution >= 4 is 12.0 Å². The molecule has 0 N–H and O–H groups in total. The van der Waals surface area contributed by atoms with Gasteiger partial charge in [0, 0.05) is 6.42 Å². The van der Waals surface area contributed by atoms with E-state index in [0.29, 0.717) is 0 Å². The zero-order valence-electron chi connectivity index (χ0n) is 12.2. The van der Waals surface area contributed by atoms with Gasteiger partial charge < -0.3 is 9.47 Å². The largest absolute Gasteiger partial charge is 0.488 e. The summed E-state index contributed by atoms with van der Waals surface area (Å²) in [5.74, 6) is 0.193. The molecular formula is C15H19NO4. The third kappa shape index (κ3) is 5.24. The number of carbonyl (C=O) groups is 1. The van der Waals surface area contributed by atoms with Crippen molar-refractivity contribution in [2.24, 2.45) is 4.99 Å². The lowest BCUT2D eigenvalue weighted by Crippen LogP contribution is -2.23. The minimum absolute atomic E-state index is 0.266. The van der Waals surface area contributed by atoms with Gasteiger partial charge in [-0.2, -0.15) is 4.99 Å². The Labute approximate surface area is 118 Å². The van der Waals surface area contributed by atoms with E-state index in [1.165, 1.54) is 13.2 Å². The van der Waals surface area contributed by atoms with Gasteiger partial charge in [0.2, 0.25) is 6.08 Å². The first-order valence-electron chi connectivity index (χ1n) is 6.28. The topological polar surface area (TPSA) is 65.0 Å². The van der Waals surface area contributed by atoms with Gasteiger partial charge in [-0.1, -0.05) is 12.1 Å². The quantitative estimate of drug-likeness (QED) is 0.470. The van der Waals surface area contributed by atoms with E-state index in [1.807, 2.05) is 45.0 Å². The zero-order chi connectivity index (χ0) is 15.2. The second-order valence-electron chi connectivity index (χ2n) is 5.32. The van der Waals surface area contributed by atoms with Crippen LogP contribution in [0.25, 0.3) is 0 Å². The zero-order valence-corrected chi connectivity index (χ0v) is 12.2. The molecule has 5 heteroatoms. The van der Waals surface area contributed by atoms with Gasteiger partial charge in [-0.25, -0.2) is 9.59 Å². The third-order valence-electron chi connectivity index (χ3n) is 2.46. The van der Waals surface area contributed by atoms with Crippen molar-refractivity contribution in [1.82, 2.24) is 0 Å². The van der Waals surface area contributed by atoms with Gasteiger partial charge >= 0.3 is 5.97 Å². The molecule has 0 heterocycles. The molecule has 0 aliphatic heterocycles. The number of hydrogen-bond donors (Lipinski definition) is 0. The molecule has 0 saturated carbocycles. The summed E-state index contributed by atoms with van der Waals surface area (Å²) in [6, 6.07) is 6.44. The highest BCUT2D eigenvalue weighted by molar-refractivity contribution is 5.77. The molecule has 0 spiro atoms. The molecular weight excluding hydrogens is 258 g/mol. The first kappa shape index (κ1) is 15.9. The molecule has 1 aromatic rings. The normalized spacial score (nSPS) is 12.2. The van der Waals surface area contributed by atoms with E-state index in [2.05, 4.69) is 9.73 Å². The highest BCUT2D eigenvalue weighted by Gasteiger charge is 2.19. The van der Waals surface area contributed by atoms with Crippen LogP contribution >= 0.6 is 0 Å². The van der Waals surface area contributed by atoms with E-state index in [1.54, 1.807) is 0 Å². The van der Waals surface area contributed by atoms with Gasteiger partial charge in [0.15, 0.2) is 6.04 Å². The van der Waals surface area contributed by atoms with Crippen molar-refractivity contribution < 1.29 is 19.1 Å². The summed E-state index contributed by atoms with van der Waals surface area (Å²) in [6.07, 6.45) is 1.68.